The molecular formula is C13H19NO3S. The van der Waals surface area contributed by atoms with Crippen molar-refractivity contribution >= 4 is 15.7 Å². The molecule has 1 aromatic rings. The summed E-state index contributed by atoms with van der Waals surface area (Å²) >= 11 is 0. The summed E-state index contributed by atoms with van der Waals surface area (Å²) in [4.78, 5) is 11.4. The van der Waals surface area contributed by atoms with Crippen LogP contribution in [0, 0.1) is 13.8 Å². The molecule has 1 atom stereocenters. The van der Waals surface area contributed by atoms with Crippen molar-refractivity contribution in [3.05, 3.63) is 34.9 Å². The van der Waals surface area contributed by atoms with Gasteiger partial charge in [-0.3, -0.25) is 4.79 Å². The third-order valence-corrected chi connectivity index (χ3v) is 5.02. The Kier molecular flexibility index (Phi) is 4.51. The average Bonchev–Trinajstić information content (AvgIpc) is 2.31. The van der Waals surface area contributed by atoms with Crippen LogP contribution in [-0.4, -0.2) is 26.6 Å². The van der Waals surface area contributed by atoms with E-state index in [-0.39, 0.29) is 5.75 Å². The quantitative estimate of drug-likeness (QED) is 0.897. The molecule has 1 unspecified atom stereocenters. The maximum Gasteiger partial charge on any atom is 0.237 e. The Balaban J connectivity index is 3.02. The number of benzene rings is 1. The average molecular weight is 269 g/mol. The Labute approximate surface area is 108 Å². The lowest BCUT2D eigenvalue weighted by Crippen LogP contribution is -2.36. The van der Waals surface area contributed by atoms with Crippen molar-refractivity contribution in [2.75, 3.05) is 7.05 Å². The van der Waals surface area contributed by atoms with E-state index in [2.05, 4.69) is 5.32 Å². The van der Waals surface area contributed by atoms with Crippen molar-refractivity contribution in [2.24, 2.45) is 0 Å². The molecule has 4 nitrogen and oxygen atoms in total. The van der Waals surface area contributed by atoms with Crippen molar-refractivity contribution < 1.29 is 13.2 Å². The minimum absolute atomic E-state index is 0.102. The van der Waals surface area contributed by atoms with Gasteiger partial charge in [0, 0.05) is 7.05 Å². The standard InChI is InChI=1S/C13H19NO3S/c1-9-5-6-10(2)12(7-9)8-18(16,17)11(3)13(15)14-4/h5-7,11H,8H2,1-4H3,(H,14,15). The van der Waals surface area contributed by atoms with E-state index >= 15 is 0 Å². The van der Waals surface area contributed by atoms with Gasteiger partial charge in [-0.05, 0) is 31.9 Å². The molecule has 100 valence electrons. The van der Waals surface area contributed by atoms with Gasteiger partial charge < -0.3 is 5.32 Å². The zero-order valence-corrected chi connectivity index (χ0v) is 12.0. The molecule has 0 bridgehead atoms. The van der Waals surface area contributed by atoms with Crippen molar-refractivity contribution in [1.82, 2.24) is 5.32 Å². The predicted molar refractivity (Wildman–Crippen MR) is 72.1 cm³/mol. The first-order valence-electron chi connectivity index (χ1n) is 5.77. The lowest BCUT2D eigenvalue weighted by Gasteiger charge is -2.13. The molecule has 0 aliphatic rings. The summed E-state index contributed by atoms with van der Waals surface area (Å²) in [5.41, 5.74) is 2.69. The van der Waals surface area contributed by atoms with E-state index in [1.807, 2.05) is 32.0 Å². The summed E-state index contributed by atoms with van der Waals surface area (Å²) < 4.78 is 24.2. The molecule has 1 rings (SSSR count). The van der Waals surface area contributed by atoms with Gasteiger partial charge in [-0.15, -0.1) is 0 Å². The SMILES string of the molecule is CNC(=O)C(C)S(=O)(=O)Cc1cc(C)ccc1C. The third-order valence-electron chi connectivity index (χ3n) is 3.02. The van der Waals surface area contributed by atoms with Gasteiger partial charge in [-0.25, -0.2) is 8.42 Å². The maximum atomic E-state index is 12.1. The largest absolute Gasteiger partial charge is 0.358 e. The molecule has 0 aromatic heterocycles. The van der Waals surface area contributed by atoms with Gasteiger partial charge in [-0.1, -0.05) is 23.8 Å². The second kappa shape index (κ2) is 5.52. The molecule has 0 aliphatic heterocycles. The fraction of sp³-hybridized carbons (Fsp3) is 0.462. The molecule has 0 aliphatic carbocycles. The maximum absolute atomic E-state index is 12.1. The molecule has 1 N–H and O–H groups in total. The van der Waals surface area contributed by atoms with E-state index in [1.54, 1.807) is 0 Å². The Morgan fingerprint density at radius 2 is 1.94 bits per heavy atom. The first-order valence-corrected chi connectivity index (χ1v) is 7.48. The number of amides is 1. The molecule has 5 heteroatoms. The van der Waals surface area contributed by atoms with Crippen molar-refractivity contribution in [3.8, 4) is 0 Å². The second-order valence-corrected chi connectivity index (χ2v) is 6.82. The number of nitrogens with one attached hydrogen (secondary N) is 1. The number of carbonyl (C=O) groups excluding carboxylic acids is 1. The Morgan fingerprint density at radius 3 is 2.50 bits per heavy atom. The number of rotatable bonds is 4. The molecule has 0 fully saturated rings. The van der Waals surface area contributed by atoms with Crippen LogP contribution in [0.5, 0.6) is 0 Å². The van der Waals surface area contributed by atoms with E-state index in [0.29, 0.717) is 0 Å². The van der Waals surface area contributed by atoms with E-state index in [9.17, 15) is 13.2 Å². The van der Waals surface area contributed by atoms with Crippen molar-refractivity contribution in [1.29, 1.82) is 0 Å². The summed E-state index contributed by atoms with van der Waals surface area (Å²) in [7, 11) is -2.04. The molecule has 1 amide bonds. The van der Waals surface area contributed by atoms with Crippen LogP contribution in [0.1, 0.15) is 23.6 Å². The smallest absolute Gasteiger partial charge is 0.237 e. The summed E-state index contributed by atoms with van der Waals surface area (Å²) in [6, 6.07) is 5.68. The number of hydrogen-bond donors (Lipinski definition) is 1. The number of sulfone groups is 1. The minimum Gasteiger partial charge on any atom is -0.358 e. The van der Waals surface area contributed by atoms with Gasteiger partial charge in [0.2, 0.25) is 5.91 Å². The normalized spacial score (nSPS) is 13.1. The topological polar surface area (TPSA) is 63.2 Å². The Morgan fingerprint density at radius 1 is 1.33 bits per heavy atom. The van der Waals surface area contributed by atoms with Crippen LogP contribution in [0.3, 0.4) is 0 Å². The van der Waals surface area contributed by atoms with Gasteiger partial charge >= 0.3 is 0 Å². The van der Waals surface area contributed by atoms with Gasteiger partial charge in [0.05, 0.1) is 5.75 Å². The van der Waals surface area contributed by atoms with Gasteiger partial charge in [0.1, 0.15) is 5.25 Å². The summed E-state index contributed by atoms with van der Waals surface area (Å²) in [6.07, 6.45) is 0. The minimum atomic E-state index is -3.48. The summed E-state index contributed by atoms with van der Waals surface area (Å²) in [5.74, 6) is -0.574. The molecule has 0 heterocycles. The van der Waals surface area contributed by atoms with E-state index in [4.69, 9.17) is 0 Å². The van der Waals surface area contributed by atoms with E-state index in [0.717, 1.165) is 16.7 Å². The Hall–Kier alpha value is -1.36. The summed E-state index contributed by atoms with van der Waals surface area (Å²) in [6.45, 7) is 5.20. The van der Waals surface area contributed by atoms with E-state index < -0.39 is 21.0 Å². The third kappa shape index (κ3) is 3.32. The molecule has 0 spiro atoms. The first kappa shape index (κ1) is 14.7. The highest BCUT2D eigenvalue weighted by molar-refractivity contribution is 7.92. The van der Waals surface area contributed by atoms with Crippen LogP contribution in [-0.2, 0) is 20.4 Å². The number of aryl methyl sites for hydroxylation is 2. The predicted octanol–water partition coefficient (Wildman–Crippen LogP) is 1.35. The Bertz CT molecular complexity index is 549. The van der Waals surface area contributed by atoms with Crippen LogP contribution in [0.2, 0.25) is 0 Å². The monoisotopic (exact) mass is 269 g/mol. The highest BCUT2D eigenvalue weighted by atomic mass is 32.2. The van der Waals surface area contributed by atoms with Crippen LogP contribution in [0.4, 0.5) is 0 Å². The molecule has 0 radical (unpaired) electrons. The fourth-order valence-corrected chi connectivity index (χ4v) is 3.10. The highest BCUT2D eigenvalue weighted by Crippen LogP contribution is 2.17. The van der Waals surface area contributed by atoms with Crippen LogP contribution < -0.4 is 5.32 Å². The van der Waals surface area contributed by atoms with Crippen molar-refractivity contribution in [3.63, 3.8) is 0 Å². The molecule has 1 aromatic carbocycles. The van der Waals surface area contributed by atoms with Crippen LogP contribution >= 0.6 is 0 Å². The molecule has 18 heavy (non-hydrogen) atoms. The highest BCUT2D eigenvalue weighted by Gasteiger charge is 2.27. The summed E-state index contributed by atoms with van der Waals surface area (Å²) in [5, 5.41) is 1.34. The number of carbonyl (C=O) groups is 1. The van der Waals surface area contributed by atoms with Gasteiger partial charge in [0.25, 0.3) is 0 Å². The zero-order valence-electron chi connectivity index (χ0n) is 11.1. The van der Waals surface area contributed by atoms with E-state index in [1.165, 1.54) is 14.0 Å². The molecule has 0 saturated carbocycles. The van der Waals surface area contributed by atoms with Crippen molar-refractivity contribution in [2.45, 2.75) is 31.8 Å². The van der Waals surface area contributed by atoms with Crippen LogP contribution in [0.15, 0.2) is 18.2 Å². The number of hydrogen-bond acceptors (Lipinski definition) is 3. The van der Waals surface area contributed by atoms with Crippen LogP contribution in [0.25, 0.3) is 0 Å². The first-order chi connectivity index (χ1) is 8.27. The second-order valence-electron chi connectivity index (χ2n) is 4.49. The lowest BCUT2D eigenvalue weighted by molar-refractivity contribution is -0.119. The molecular weight excluding hydrogens is 250 g/mol. The zero-order chi connectivity index (χ0) is 13.9. The fourth-order valence-electron chi connectivity index (χ4n) is 1.66. The lowest BCUT2D eigenvalue weighted by atomic mass is 10.1. The van der Waals surface area contributed by atoms with Gasteiger partial charge in [0.15, 0.2) is 9.84 Å². The van der Waals surface area contributed by atoms with Gasteiger partial charge in [-0.2, -0.15) is 0 Å². The molecule has 0 saturated heterocycles.